The lowest BCUT2D eigenvalue weighted by atomic mass is 10.1. The molecule has 3 rings (SSSR count). The number of nitrogens with two attached hydrogens (primary N) is 1. The summed E-state index contributed by atoms with van der Waals surface area (Å²) in [5, 5.41) is 8.04. The van der Waals surface area contributed by atoms with E-state index in [0.29, 0.717) is 0 Å². The molecule has 0 bridgehead atoms. The van der Waals surface area contributed by atoms with Crippen LogP contribution in [-0.4, -0.2) is 17.2 Å². The van der Waals surface area contributed by atoms with E-state index in [0.717, 1.165) is 28.0 Å². The number of aromatic amines is 1. The molecule has 2 aromatic carbocycles. The molecule has 0 saturated carbocycles. The molecular formula is C15H16N4. The highest BCUT2D eigenvalue weighted by molar-refractivity contribution is 5.90. The minimum absolute atomic E-state index is 0.750. The van der Waals surface area contributed by atoms with E-state index in [4.69, 9.17) is 5.73 Å². The van der Waals surface area contributed by atoms with Gasteiger partial charge in [0.2, 0.25) is 0 Å². The van der Waals surface area contributed by atoms with Crippen molar-refractivity contribution in [3.63, 3.8) is 0 Å². The van der Waals surface area contributed by atoms with Gasteiger partial charge < -0.3 is 10.6 Å². The van der Waals surface area contributed by atoms with Crippen molar-refractivity contribution in [1.82, 2.24) is 10.2 Å². The van der Waals surface area contributed by atoms with Crippen LogP contribution < -0.4 is 10.6 Å². The van der Waals surface area contributed by atoms with Gasteiger partial charge in [-0.3, -0.25) is 5.10 Å². The fraction of sp³-hybridized carbons (Fsp3) is 0.133. The molecule has 0 spiro atoms. The van der Waals surface area contributed by atoms with Gasteiger partial charge in [-0.05, 0) is 30.7 Å². The zero-order valence-electron chi connectivity index (χ0n) is 11.0. The molecule has 0 aliphatic carbocycles. The lowest BCUT2D eigenvalue weighted by Gasteiger charge is -2.23. The normalized spacial score (nSPS) is 10.8. The van der Waals surface area contributed by atoms with Crippen LogP contribution in [0.4, 0.5) is 17.1 Å². The molecule has 19 heavy (non-hydrogen) atoms. The predicted octanol–water partition coefficient (Wildman–Crippen LogP) is 3.22. The molecule has 96 valence electrons. The fourth-order valence-electron chi connectivity index (χ4n) is 2.36. The van der Waals surface area contributed by atoms with E-state index >= 15 is 0 Å². The van der Waals surface area contributed by atoms with Crippen LogP contribution >= 0.6 is 0 Å². The Balaban J connectivity index is 2.13. The number of aryl methyl sites for hydroxylation is 1. The molecule has 0 unspecified atom stereocenters. The predicted molar refractivity (Wildman–Crippen MR) is 79.7 cm³/mol. The average Bonchev–Trinajstić information content (AvgIpc) is 2.84. The SMILES string of the molecule is Cc1ccccc1N(C)c1cc2[nH]ncc2cc1N. The Labute approximate surface area is 111 Å². The van der Waals surface area contributed by atoms with Crippen LogP contribution in [0.3, 0.4) is 0 Å². The Morgan fingerprint density at radius 1 is 1.16 bits per heavy atom. The summed E-state index contributed by atoms with van der Waals surface area (Å²) in [5.41, 5.74) is 11.2. The molecule has 3 aromatic rings. The number of hydrogen-bond donors (Lipinski definition) is 2. The van der Waals surface area contributed by atoms with Crippen molar-refractivity contribution in [2.75, 3.05) is 17.7 Å². The summed E-state index contributed by atoms with van der Waals surface area (Å²) < 4.78 is 0. The molecule has 1 aromatic heterocycles. The van der Waals surface area contributed by atoms with Crippen molar-refractivity contribution in [2.24, 2.45) is 0 Å². The van der Waals surface area contributed by atoms with Gasteiger partial charge in [-0.2, -0.15) is 5.10 Å². The zero-order chi connectivity index (χ0) is 13.4. The molecule has 4 heteroatoms. The summed E-state index contributed by atoms with van der Waals surface area (Å²) in [6.07, 6.45) is 1.78. The third-order valence-corrected chi connectivity index (χ3v) is 3.43. The average molecular weight is 252 g/mol. The van der Waals surface area contributed by atoms with Crippen molar-refractivity contribution in [1.29, 1.82) is 0 Å². The van der Waals surface area contributed by atoms with Crippen LogP contribution in [0.15, 0.2) is 42.6 Å². The molecule has 0 aliphatic heterocycles. The first-order chi connectivity index (χ1) is 9.16. The standard InChI is InChI=1S/C15H16N4/c1-10-5-3-4-6-14(10)19(2)15-8-13-11(7-12(15)16)9-17-18-13/h3-9H,16H2,1-2H3,(H,17,18). The fourth-order valence-corrected chi connectivity index (χ4v) is 2.36. The molecule has 4 nitrogen and oxygen atoms in total. The smallest absolute Gasteiger partial charge is 0.0672 e. The van der Waals surface area contributed by atoms with Gasteiger partial charge in [-0.25, -0.2) is 0 Å². The first-order valence-electron chi connectivity index (χ1n) is 6.19. The number of H-pyrrole nitrogens is 1. The van der Waals surface area contributed by atoms with E-state index in [1.807, 2.05) is 31.3 Å². The molecule has 3 N–H and O–H groups in total. The van der Waals surface area contributed by atoms with Gasteiger partial charge in [0.25, 0.3) is 0 Å². The second-order valence-electron chi connectivity index (χ2n) is 4.71. The number of anilines is 3. The third kappa shape index (κ3) is 1.91. The zero-order valence-corrected chi connectivity index (χ0v) is 11.0. The number of hydrogen-bond acceptors (Lipinski definition) is 3. The lowest BCUT2D eigenvalue weighted by molar-refractivity contribution is 1.12. The van der Waals surface area contributed by atoms with Crippen molar-refractivity contribution in [2.45, 2.75) is 6.92 Å². The quantitative estimate of drug-likeness (QED) is 0.688. The van der Waals surface area contributed by atoms with Crippen LogP contribution in [0.25, 0.3) is 10.9 Å². The van der Waals surface area contributed by atoms with Crippen LogP contribution in [0, 0.1) is 6.92 Å². The molecule has 0 fully saturated rings. The second-order valence-corrected chi connectivity index (χ2v) is 4.71. The molecule has 0 saturated heterocycles. The van der Waals surface area contributed by atoms with Crippen molar-refractivity contribution in [3.8, 4) is 0 Å². The van der Waals surface area contributed by atoms with Gasteiger partial charge in [0.1, 0.15) is 0 Å². The third-order valence-electron chi connectivity index (χ3n) is 3.43. The molecule has 0 aliphatic rings. The summed E-state index contributed by atoms with van der Waals surface area (Å²) in [5.74, 6) is 0. The highest BCUT2D eigenvalue weighted by Gasteiger charge is 2.11. The molecule has 0 amide bonds. The number of fused-ring (bicyclic) bond motifs is 1. The molecule has 0 atom stereocenters. The number of benzene rings is 2. The minimum atomic E-state index is 0.750. The van der Waals surface area contributed by atoms with E-state index in [-0.39, 0.29) is 0 Å². The maximum absolute atomic E-state index is 6.15. The Kier molecular flexibility index (Phi) is 2.63. The van der Waals surface area contributed by atoms with Gasteiger partial charge in [0.15, 0.2) is 0 Å². The van der Waals surface area contributed by atoms with Gasteiger partial charge >= 0.3 is 0 Å². The minimum Gasteiger partial charge on any atom is -0.397 e. The summed E-state index contributed by atoms with van der Waals surface area (Å²) >= 11 is 0. The molecular weight excluding hydrogens is 236 g/mol. The Morgan fingerprint density at radius 2 is 1.95 bits per heavy atom. The number of para-hydroxylation sites is 1. The number of aromatic nitrogens is 2. The summed E-state index contributed by atoms with van der Waals surface area (Å²) in [6, 6.07) is 12.2. The molecule has 0 radical (unpaired) electrons. The monoisotopic (exact) mass is 252 g/mol. The van der Waals surface area contributed by atoms with E-state index in [9.17, 15) is 0 Å². The van der Waals surface area contributed by atoms with E-state index in [1.54, 1.807) is 6.20 Å². The largest absolute Gasteiger partial charge is 0.397 e. The highest BCUT2D eigenvalue weighted by atomic mass is 15.1. The van der Waals surface area contributed by atoms with Gasteiger partial charge in [-0.1, -0.05) is 18.2 Å². The summed E-state index contributed by atoms with van der Waals surface area (Å²) in [7, 11) is 2.02. The maximum Gasteiger partial charge on any atom is 0.0672 e. The number of rotatable bonds is 2. The van der Waals surface area contributed by atoms with E-state index < -0.39 is 0 Å². The van der Waals surface area contributed by atoms with Crippen LogP contribution in [0.5, 0.6) is 0 Å². The van der Waals surface area contributed by atoms with Gasteiger partial charge in [0.05, 0.1) is 23.1 Å². The Bertz CT molecular complexity index is 730. The number of nitrogens with one attached hydrogen (secondary N) is 1. The summed E-state index contributed by atoms with van der Waals surface area (Å²) in [4.78, 5) is 2.10. The second kappa shape index (κ2) is 4.31. The highest BCUT2D eigenvalue weighted by Crippen LogP contribution is 2.33. The topological polar surface area (TPSA) is 57.9 Å². The first-order valence-corrected chi connectivity index (χ1v) is 6.19. The number of nitrogen functional groups attached to an aromatic ring is 1. The van der Waals surface area contributed by atoms with Crippen LogP contribution in [-0.2, 0) is 0 Å². The number of nitrogens with zero attached hydrogens (tertiary/aromatic N) is 2. The van der Waals surface area contributed by atoms with Gasteiger partial charge in [-0.15, -0.1) is 0 Å². The lowest BCUT2D eigenvalue weighted by Crippen LogP contribution is -2.12. The van der Waals surface area contributed by atoms with Gasteiger partial charge in [0, 0.05) is 18.1 Å². The van der Waals surface area contributed by atoms with Crippen molar-refractivity contribution in [3.05, 3.63) is 48.2 Å². The van der Waals surface area contributed by atoms with E-state index in [1.165, 1.54) is 5.56 Å². The summed E-state index contributed by atoms with van der Waals surface area (Å²) in [6.45, 7) is 2.09. The van der Waals surface area contributed by atoms with Crippen LogP contribution in [0.1, 0.15) is 5.56 Å². The Hall–Kier alpha value is -2.49. The van der Waals surface area contributed by atoms with E-state index in [2.05, 4.69) is 34.2 Å². The van der Waals surface area contributed by atoms with Crippen molar-refractivity contribution >= 4 is 28.0 Å². The van der Waals surface area contributed by atoms with Crippen molar-refractivity contribution < 1.29 is 0 Å². The first kappa shape index (κ1) is 11.6. The van der Waals surface area contributed by atoms with Crippen LogP contribution in [0.2, 0.25) is 0 Å². The molecule has 1 heterocycles. The Morgan fingerprint density at radius 3 is 2.74 bits per heavy atom. The maximum atomic E-state index is 6.15.